The summed E-state index contributed by atoms with van der Waals surface area (Å²) < 4.78 is 2.14. The predicted octanol–water partition coefficient (Wildman–Crippen LogP) is 3.22. The lowest BCUT2D eigenvalue weighted by atomic mass is 10.1. The molecule has 0 unspecified atom stereocenters. The number of pyridine rings is 1. The number of nitrogens with zero attached hydrogens (tertiary/aromatic N) is 3. The molecule has 0 spiro atoms. The molecule has 1 aromatic carbocycles. The minimum Gasteiger partial charge on any atom is -0.355 e. The van der Waals surface area contributed by atoms with Gasteiger partial charge in [-0.2, -0.15) is 0 Å². The highest BCUT2D eigenvalue weighted by Gasteiger charge is 2.14. The molecule has 2 aromatic heterocycles. The number of hydrogen-bond donors (Lipinski definition) is 1. The minimum absolute atomic E-state index is 0.0413. The van der Waals surface area contributed by atoms with Gasteiger partial charge in [-0.1, -0.05) is 24.3 Å². The molecule has 0 aliphatic heterocycles. The third-order valence-electron chi connectivity index (χ3n) is 4.32. The Labute approximate surface area is 148 Å². The Hall–Kier alpha value is -2.69. The summed E-state index contributed by atoms with van der Waals surface area (Å²) in [5.74, 6) is 1.000. The van der Waals surface area contributed by atoms with Gasteiger partial charge in [0.2, 0.25) is 5.91 Å². The van der Waals surface area contributed by atoms with E-state index >= 15 is 0 Å². The molecule has 0 aliphatic carbocycles. The van der Waals surface area contributed by atoms with Crippen LogP contribution in [0.2, 0.25) is 0 Å². The van der Waals surface area contributed by atoms with Crippen LogP contribution in [0.4, 0.5) is 0 Å². The molecule has 3 rings (SSSR count). The SMILES string of the molecule is Cc1ccccc1CC(=O)NCCc1nc2cccnc2n1C(C)C. The van der Waals surface area contributed by atoms with Crippen molar-refractivity contribution in [1.29, 1.82) is 0 Å². The van der Waals surface area contributed by atoms with Gasteiger partial charge in [-0.05, 0) is 44.0 Å². The number of rotatable bonds is 6. The summed E-state index contributed by atoms with van der Waals surface area (Å²) in [5.41, 5.74) is 4.01. The molecule has 5 nitrogen and oxygen atoms in total. The zero-order chi connectivity index (χ0) is 17.8. The molecule has 0 saturated heterocycles. The summed E-state index contributed by atoms with van der Waals surface area (Å²) in [4.78, 5) is 21.3. The first-order valence-corrected chi connectivity index (χ1v) is 8.69. The van der Waals surface area contributed by atoms with E-state index in [1.807, 2.05) is 43.3 Å². The molecule has 3 aromatic rings. The van der Waals surface area contributed by atoms with Crippen LogP contribution in [0.25, 0.3) is 11.2 Å². The van der Waals surface area contributed by atoms with Gasteiger partial charge in [-0.3, -0.25) is 4.79 Å². The van der Waals surface area contributed by atoms with E-state index in [4.69, 9.17) is 0 Å². The average molecular weight is 336 g/mol. The molecule has 0 bridgehead atoms. The molecule has 0 fully saturated rings. The molecule has 0 radical (unpaired) electrons. The molecule has 0 atom stereocenters. The third-order valence-corrected chi connectivity index (χ3v) is 4.32. The monoisotopic (exact) mass is 336 g/mol. The Kier molecular flexibility index (Phi) is 5.12. The zero-order valence-corrected chi connectivity index (χ0v) is 15.0. The molecule has 1 N–H and O–H groups in total. The second-order valence-corrected chi connectivity index (χ2v) is 6.54. The predicted molar refractivity (Wildman–Crippen MR) is 99.5 cm³/mol. The summed E-state index contributed by atoms with van der Waals surface area (Å²) in [6, 6.07) is 12.1. The van der Waals surface area contributed by atoms with Crippen LogP contribution in [0, 0.1) is 6.92 Å². The number of benzene rings is 1. The van der Waals surface area contributed by atoms with Gasteiger partial charge in [0.15, 0.2) is 5.65 Å². The molecule has 1 amide bonds. The van der Waals surface area contributed by atoms with Crippen molar-refractivity contribution in [1.82, 2.24) is 19.9 Å². The average Bonchev–Trinajstić information content (AvgIpc) is 2.95. The Bertz CT molecular complexity index is 882. The van der Waals surface area contributed by atoms with Gasteiger partial charge in [0.1, 0.15) is 11.3 Å². The first kappa shape index (κ1) is 17.1. The Morgan fingerprint density at radius 3 is 2.76 bits per heavy atom. The highest BCUT2D eigenvalue weighted by atomic mass is 16.1. The Balaban J connectivity index is 1.64. The maximum atomic E-state index is 12.2. The zero-order valence-electron chi connectivity index (χ0n) is 15.0. The van der Waals surface area contributed by atoms with E-state index in [0.717, 1.165) is 28.1 Å². The number of aryl methyl sites for hydroxylation is 1. The topological polar surface area (TPSA) is 59.8 Å². The van der Waals surface area contributed by atoms with Crippen LogP contribution in [-0.2, 0) is 17.6 Å². The number of hydrogen-bond acceptors (Lipinski definition) is 3. The van der Waals surface area contributed by atoms with E-state index in [1.165, 1.54) is 0 Å². The van der Waals surface area contributed by atoms with Crippen LogP contribution in [0.15, 0.2) is 42.6 Å². The normalized spacial score (nSPS) is 11.2. The number of imidazole rings is 1. The lowest BCUT2D eigenvalue weighted by Gasteiger charge is -2.12. The molecule has 130 valence electrons. The highest BCUT2D eigenvalue weighted by molar-refractivity contribution is 5.79. The fourth-order valence-electron chi connectivity index (χ4n) is 3.05. The van der Waals surface area contributed by atoms with Crippen LogP contribution in [0.5, 0.6) is 0 Å². The molecular weight excluding hydrogens is 312 g/mol. The van der Waals surface area contributed by atoms with Crippen molar-refractivity contribution >= 4 is 17.1 Å². The standard InChI is InChI=1S/C20H24N4O/c1-14(2)24-18(23-17-9-6-11-22-20(17)24)10-12-21-19(25)13-16-8-5-4-7-15(16)3/h4-9,11,14H,10,12-13H2,1-3H3,(H,21,25). The van der Waals surface area contributed by atoms with Crippen LogP contribution < -0.4 is 5.32 Å². The van der Waals surface area contributed by atoms with Crippen LogP contribution in [-0.4, -0.2) is 27.0 Å². The number of nitrogens with one attached hydrogen (secondary N) is 1. The molecule has 25 heavy (non-hydrogen) atoms. The van der Waals surface area contributed by atoms with Crippen LogP contribution in [0.3, 0.4) is 0 Å². The van der Waals surface area contributed by atoms with Crippen molar-refractivity contribution in [2.75, 3.05) is 6.54 Å². The lowest BCUT2D eigenvalue weighted by molar-refractivity contribution is -0.120. The first-order chi connectivity index (χ1) is 12.1. The fourth-order valence-corrected chi connectivity index (χ4v) is 3.05. The maximum Gasteiger partial charge on any atom is 0.224 e. The smallest absolute Gasteiger partial charge is 0.224 e. The van der Waals surface area contributed by atoms with Crippen molar-refractivity contribution in [3.63, 3.8) is 0 Å². The van der Waals surface area contributed by atoms with Crippen molar-refractivity contribution in [3.05, 3.63) is 59.5 Å². The van der Waals surface area contributed by atoms with Crippen LogP contribution >= 0.6 is 0 Å². The van der Waals surface area contributed by atoms with E-state index in [-0.39, 0.29) is 11.9 Å². The van der Waals surface area contributed by atoms with Crippen molar-refractivity contribution in [2.45, 2.75) is 39.7 Å². The summed E-state index contributed by atoms with van der Waals surface area (Å²) in [6.07, 6.45) is 2.89. The van der Waals surface area contributed by atoms with Gasteiger partial charge in [0, 0.05) is 25.2 Å². The molecule has 0 saturated carbocycles. The Morgan fingerprint density at radius 2 is 2.00 bits per heavy atom. The van der Waals surface area contributed by atoms with Gasteiger partial charge in [-0.25, -0.2) is 9.97 Å². The molecular formula is C20H24N4O. The van der Waals surface area contributed by atoms with Gasteiger partial charge in [0.25, 0.3) is 0 Å². The Morgan fingerprint density at radius 1 is 1.20 bits per heavy atom. The quantitative estimate of drug-likeness (QED) is 0.752. The summed E-state index contributed by atoms with van der Waals surface area (Å²) in [6.45, 7) is 6.84. The minimum atomic E-state index is 0.0413. The van der Waals surface area contributed by atoms with Gasteiger partial charge in [0.05, 0.1) is 6.42 Å². The van der Waals surface area contributed by atoms with Crippen molar-refractivity contribution in [2.24, 2.45) is 0 Å². The van der Waals surface area contributed by atoms with E-state index in [1.54, 1.807) is 6.20 Å². The third kappa shape index (κ3) is 3.87. The number of carbonyl (C=O) groups excluding carboxylic acids is 1. The second-order valence-electron chi connectivity index (χ2n) is 6.54. The maximum absolute atomic E-state index is 12.2. The van der Waals surface area contributed by atoms with E-state index < -0.39 is 0 Å². The highest BCUT2D eigenvalue weighted by Crippen LogP contribution is 2.19. The summed E-state index contributed by atoms with van der Waals surface area (Å²) in [5, 5.41) is 3.00. The van der Waals surface area contributed by atoms with Crippen molar-refractivity contribution < 1.29 is 4.79 Å². The van der Waals surface area contributed by atoms with Crippen molar-refractivity contribution in [3.8, 4) is 0 Å². The van der Waals surface area contributed by atoms with Gasteiger partial charge < -0.3 is 9.88 Å². The summed E-state index contributed by atoms with van der Waals surface area (Å²) >= 11 is 0. The van der Waals surface area contributed by atoms with Crippen LogP contribution in [0.1, 0.15) is 36.8 Å². The number of aromatic nitrogens is 3. The number of carbonyl (C=O) groups is 1. The summed E-state index contributed by atoms with van der Waals surface area (Å²) in [7, 11) is 0. The number of fused-ring (bicyclic) bond motifs is 1. The largest absolute Gasteiger partial charge is 0.355 e. The van der Waals surface area contributed by atoms with E-state index in [9.17, 15) is 4.79 Å². The molecule has 2 heterocycles. The van der Waals surface area contributed by atoms with E-state index in [0.29, 0.717) is 19.4 Å². The van der Waals surface area contributed by atoms with Gasteiger partial charge >= 0.3 is 0 Å². The second kappa shape index (κ2) is 7.47. The van der Waals surface area contributed by atoms with Gasteiger partial charge in [-0.15, -0.1) is 0 Å². The molecule has 5 heteroatoms. The lowest BCUT2D eigenvalue weighted by Crippen LogP contribution is -2.28. The van der Waals surface area contributed by atoms with E-state index in [2.05, 4.69) is 33.7 Å². The first-order valence-electron chi connectivity index (χ1n) is 8.69. The number of amides is 1. The fraction of sp³-hybridized carbons (Fsp3) is 0.350. The molecule has 0 aliphatic rings.